The van der Waals surface area contributed by atoms with Crippen LogP contribution < -0.4 is 5.32 Å². The molecule has 0 amide bonds. The van der Waals surface area contributed by atoms with Crippen LogP contribution in [0.1, 0.15) is 11.1 Å². The van der Waals surface area contributed by atoms with Crippen molar-refractivity contribution in [2.45, 2.75) is 13.5 Å². The van der Waals surface area contributed by atoms with Gasteiger partial charge in [0.1, 0.15) is 0 Å². The first kappa shape index (κ1) is 13.2. The number of halogens is 1. The van der Waals surface area contributed by atoms with E-state index >= 15 is 0 Å². The summed E-state index contributed by atoms with van der Waals surface area (Å²) in [6.45, 7) is 2.94. The molecule has 1 N–H and O–H groups in total. The Morgan fingerprint density at radius 2 is 1.75 bits per heavy atom. The van der Waals surface area contributed by atoms with Crippen LogP contribution in [0.25, 0.3) is 10.8 Å². The summed E-state index contributed by atoms with van der Waals surface area (Å²) < 4.78 is 1.15. The van der Waals surface area contributed by atoms with Crippen LogP contribution >= 0.6 is 15.9 Å². The Kier molecular flexibility index (Phi) is 3.75. The summed E-state index contributed by atoms with van der Waals surface area (Å²) >= 11 is 3.53. The largest absolute Gasteiger partial charge is 0.381 e. The fourth-order valence-electron chi connectivity index (χ4n) is 2.40. The van der Waals surface area contributed by atoms with Crippen molar-refractivity contribution in [1.29, 1.82) is 0 Å². The Morgan fingerprint density at radius 3 is 2.60 bits per heavy atom. The molecule has 0 radical (unpaired) electrons. The van der Waals surface area contributed by atoms with E-state index in [-0.39, 0.29) is 0 Å². The Hall–Kier alpha value is -1.80. The number of hydrogen-bond acceptors (Lipinski definition) is 1. The molecule has 100 valence electrons. The molecule has 0 unspecified atom stereocenters. The van der Waals surface area contributed by atoms with E-state index in [9.17, 15) is 0 Å². The molecule has 20 heavy (non-hydrogen) atoms. The van der Waals surface area contributed by atoms with Crippen molar-refractivity contribution in [2.24, 2.45) is 0 Å². The molecule has 0 saturated heterocycles. The highest BCUT2D eigenvalue weighted by molar-refractivity contribution is 9.10. The van der Waals surface area contributed by atoms with Crippen LogP contribution in [0.3, 0.4) is 0 Å². The zero-order valence-corrected chi connectivity index (χ0v) is 12.9. The van der Waals surface area contributed by atoms with Crippen LogP contribution in [0.2, 0.25) is 0 Å². The number of nitrogens with one attached hydrogen (secondary N) is 1. The quantitative estimate of drug-likeness (QED) is 0.668. The average Bonchev–Trinajstić information content (AvgIpc) is 2.48. The van der Waals surface area contributed by atoms with E-state index in [4.69, 9.17) is 0 Å². The van der Waals surface area contributed by atoms with Crippen LogP contribution in [0.15, 0.2) is 65.1 Å². The van der Waals surface area contributed by atoms with Crippen LogP contribution in [-0.4, -0.2) is 0 Å². The number of benzene rings is 3. The van der Waals surface area contributed by atoms with Crippen LogP contribution in [-0.2, 0) is 6.54 Å². The van der Waals surface area contributed by atoms with Crippen LogP contribution in [0, 0.1) is 6.92 Å². The minimum Gasteiger partial charge on any atom is -0.381 e. The predicted octanol–water partition coefficient (Wildman–Crippen LogP) is 5.52. The molecule has 0 fully saturated rings. The third-order valence-corrected chi connectivity index (χ3v) is 4.41. The molecular formula is C18H16BrN. The van der Waals surface area contributed by atoms with Crippen LogP contribution in [0.4, 0.5) is 5.69 Å². The smallest absolute Gasteiger partial charge is 0.0406 e. The average molecular weight is 326 g/mol. The molecule has 1 nitrogen and oxygen atoms in total. The molecule has 2 heteroatoms. The maximum Gasteiger partial charge on any atom is 0.0406 e. The normalized spacial score (nSPS) is 10.7. The van der Waals surface area contributed by atoms with Crippen molar-refractivity contribution < 1.29 is 0 Å². The third-order valence-electron chi connectivity index (χ3n) is 3.52. The van der Waals surface area contributed by atoms with E-state index in [0.29, 0.717) is 0 Å². The monoisotopic (exact) mass is 325 g/mol. The van der Waals surface area contributed by atoms with Gasteiger partial charge in [-0.05, 0) is 47.0 Å². The van der Waals surface area contributed by atoms with Gasteiger partial charge in [-0.1, -0.05) is 58.4 Å². The molecule has 0 heterocycles. The van der Waals surface area contributed by atoms with E-state index in [1.54, 1.807) is 0 Å². The Bertz CT molecular complexity index is 744. The van der Waals surface area contributed by atoms with E-state index < -0.39 is 0 Å². The summed E-state index contributed by atoms with van der Waals surface area (Å²) in [6, 6.07) is 21.3. The summed E-state index contributed by atoms with van der Waals surface area (Å²) in [4.78, 5) is 0. The summed E-state index contributed by atoms with van der Waals surface area (Å²) in [7, 11) is 0. The van der Waals surface area contributed by atoms with E-state index in [2.05, 4.69) is 88.8 Å². The van der Waals surface area contributed by atoms with Gasteiger partial charge >= 0.3 is 0 Å². The van der Waals surface area contributed by atoms with Crippen molar-refractivity contribution in [1.82, 2.24) is 0 Å². The van der Waals surface area contributed by atoms with Gasteiger partial charge in [0.15, 0.2) is 0 Å². The van der Waals surface area contributed by atoms with Gasteiger partial charge in [0.25, 0.3) is 0 Å². The van der Waals surface area contributed by atoms with E-state index in [0.717, 1.165) is 16.7 Å². The zero-order chi connectivity index (χ0) is 13.9. The SMILES string of the molecule is Cc1cc(NCc2cccc3ccccc23)ccc1Br. The minimum atomic E-state index is 0.836. The van der Waals surface area contributed by atoms with E-state index in [1.165, 1.54) is 21.9 Å². The summed E-state index contributed by atoms with van der Waals surface area (Å²) in [5.41, 5.74) is 3.72. The lowest BCUT2D eigenvalue weighted by Crippen LogP contribution is -2.00. The molecular weight excluding hydrogens is 310 g/mol. The lowest BCUT2D eigenvalue weighted by Gasteiger charge is -2.10. The van der Waals surface area contributed by atoms with Crippen molar-refractivity contribution in [2.75, 3.05) is 5.32 Å². The number of fused-ring (bicyclic) bond motifs is 1. The van der Waals surface area contributed by atoms with Gasteiger partial charge in [0.05, 0.1) is 0 Å². The van der Waals surface area contributed by atoms with Gasteiger partial charge < -0.3 is 5.32 Å². The number of rotatable bonds is 3. The lowest BCUT2D eigenvalue weighted by atomic mass is 10.0. The van der Waals surface area contributed by atoms with Gasteiger partial charge in [-0.15, -0.1) is 0 Å². The second kappa shape index (κ2) is 5.68. The summed E-state index contributed by atoms with van der Waals surface area (Å²) in [6.07, 6.45) is 0. The second-order valence-corrected chi connectivity index (χ2v) is 5.81. The molecule has 0 bridgehead atoms. The van der Waals surface area contributed by atoms with Crippen molar-refractivity contribution in [3.8, 4) is 0 Å². The number of hydrogen-bond donors (Lipinski definition) is 1. The highest BCUT2D eigenvalue weighted by Crippen LogP contribution is 2.22. The van der Waals surface area contributed by atoms with Gasteiger partial charge in [-0.25, -0.2) is 0 Å². The minimum absolute atomic E-state index is 0.836. The molecule has 3 aromatic carbocycles. The Morgan fingerprint density at radius 1 is 0.950 bits per heavy atom. The first-order valence-electron chi connectivity index (χ1n) is 6.71. The van der Waals surface area contributed by atoms with Gasteiger partial charge in [0.2, 0.25) is 0 Å². The molecule has 0 aliphatic carbocycles. The van der Waals surface area contributed by atoms with Gasteiger partial charge in [0, 0.05) is 16.7 Å². The first-order valence-corrected chi connectivity index (χ1v) is 7.50. The molecule has 0 atom stereocenters. The fraction of sp³-hybridized carbons (Fsp3) is 0.111. The fourth-order valence-corrected chi connectivity index (χ4v) is 2.65. The number of aryl methyl sites for hydroxylation is 1. The molecule has 0 saturated carbocycles. The highest BCUT2D eigenvalue weighted by atomic mass is 79.9. The number of anilines is 1. The van der Waals surface area contributed by atoms with E-state index in [1.807, 2.05) is 0 Å². The second-order valence-electron chi connectivity index (χ2n) is 4.96. The van der Waals surface area contributed by atoms with Crippen LogP contribution in [0.5, 0.6) is 0 Å². The first-order chi connectivity index (χ1) is 9.74. The third kappa shape index (κ3) is 2.70. The van der Waals surface area contributed by atoms with Crippen molar-refractivity contribution >= 4 is 32.4 Å². The Balaban J connectivity index is 1.85. The maximum atomic E-state index is 3.53. The predicted molar refractivity (Wildman–Crippen MR) is 90.2 cm³/mol. The highest BCUT2D eigenvalue weighted by Gasteiger charge is 2.01. The van der Waals surface area contributed by atoms with Crippen molar-refractivity contribution in [3.63, 3.8) is 0 Å². The Labute approximate surface area is 127 Å². The molecule has 0 spiro atoms. The zero-order valence-electron chi connectivity index (χ0n) is 11.4. The molecule has 3 rings (SSSR count). The molecule has 3 aromatic rings. The van der Waals surface area contributed by atoms with Crippen molar-refractivity contribution in [3.05, 3.63) is 76.3 Å². The summed E-state index contributed by atoms with van der Waals surface area (Å²) in [5.74, 6) is 0. The van der Waals surface area contributed by atoms with Gasteiger partial charge in [-0.3, -0.25) is 0 Å². The standard InChI is InChI=1S/C18H16BrN/c1-13-11-16(9-10-18(13)19)20-12-15-7-4-6-14-5-2-3-8-17(14)15/h2-11,20H,12H2,1H3. The molecule has 0 aliphatic heterocycles. The lowest BCUT2D eigenvalue weighted by molar-refractivity contribution is 1.16. The topological polar surface area (TPSA) is 12.0 Å². The molecule has 0 aromatic heterocycles. The molecule has 0 aliphatic rings. The maximum absolute atomic E-state index is 3.53. The van der Waals surface area contributed by atoms with Gasteiger partial charge in [-0.2, -0.15) is 0 Å². The summed E-state index contributed by atoms with van der Waals surface area (Å²) in [5, 5.41) is 6.11.